The molecular formula is C42H69ClN2O4. The number of aliphatic hydroxyl groups excluding tert-OH is 2. The van der Waals surface area contributed by atoms with Crippen LogP contribution in [0.3, 0.4) is 0 Å². The maximum absolute atomic E-state index is 11.9. The minimum absolute atomic E-state index is 0. The highest BCUT2D eigenvalue weighted by molar-refractivity contribution is 5.85. The lowest BCUT2D eigenvalue weighted by atomic mass is 9.84. The third-order valence-corrected chi connectivity index (χ3v) is 10.7. The molecule has 0 bridgehead atoms. The Morgan fingerprint density at radius 3 is 1.20 bits per heavy atom. The largest absolute Gasteiger partial charge is 0.494 e. The smallest absolute Gasteiger partial charge is 0.119 e. The highest BCUT2D eigenvalue weighted by atomic mass is 35.5. The first kappa shape index (κ1) is 41.6. The standard InChI is InChI=1S/C42H68N2O4.ClH/c1-3-5-15-31-47-39-23-19-35(20-24-39)41(45)37(33-43-27-11-7-8-12-28-43)17-18-38(34-44-29-13-9-10-14-30-44)42(46)36-21-25-40(26-22-36)48-32-16-6-4-2;/h19-26,37-38,41-42,45-46H,3-18,27-34H2,1-2H3;1H. The number of rotatable bonds is 21. The average Bonchev–Trinajstić information content (AvgIpc) is 3.55. The Morgan fingerprint density at radius 2 is 0.878 bits per heavy atom. The summed E-state index contributed by atoms with van der Waals surface area (Å²) >= 11 is 0. The predicted molar refractivity (Wildman–Crippen MR) is 206 cm³/mol. The molecule has 2 aromatic rings. The molecule has 6 nitrogen and oxygen atoms in total. The van der Waals surface area contributed by atoms with Gasteiger partial charge in [-0.15, -0.1) is 12.4 Å². The Labute approximate surface area is 305 Å². The summed E-state index contributed by atoms with van der Waals surface area (Å²) in [7, 11) is 0. The molecule has 0 aromatic heterocycles. The quantitative estimate of drug-likeness (QED) is 0.126. The SMILES string of the molecule is CCCCCOc1ccc(C(O)C(CCC(CN2CCCCCC2)C(O)c2ccc(OCCCCC)cc2)CN2CCCCCC2)cc1.Cl. The number of nitrogens with zero attached hydrogens (tertiary/aromatic N) is 2. The van der Waals surface area contributed by atoms with Crippen molar-refractivity contribution in [2.24, 2.45) is 11.8 Å². The molecule has 4 atom stereocenters. The van der Waals surface area contributed by atoms with E-state index in [4.69, 9.17) is 9.47 Å². The van der Waals surface area contributed by atoms with E-state index < -0.39 is 12.2 Å². The van der Waals surface area contributed by atoms with Crippen LogP contribution < -0.4 is 9.47 Å². The second kappa shape index (κ2) is 24.4. The Kier molecular flexibility index (Phi) is 20.7. The normalized spacial score (nSPS) is 18.8. The van der Waals surface area contributed by atoms with Crippen molar-refractivity contribution < 1.29 is 19.7 Å². The second-order valence-corrected chi connectivity index (χ2v) is 14.7. The maximum atomic E-state index is 11.9. The molecule has 0 radical (unpaired) electrons. The number of halogens is 1. The van der Waals surface area contributed by atoms with Gasteiger partial charge in [0.05, 0.1) is 25.4 Å². The fourth-order valence-corrected chi connectivity index (χ4v) is 7.58. The van der Waals surface area contributed by atoms with Gasteiger partial charge in [-0.25, -0.2) is 0 Å². The van der Waals surface area contributed by atoms with Gasteiger partial charge in [-0.3, -0.25) is 0 Å². The Morgan fingerprint density at radius 1 is 0.531 bits per heavy atom. The van der Waals surface area contributed by atoms with Crippen molar-refractivity contribution >= 4 is 12.4 Å². The molecule has 7 heteroatoms. The number of hydrogen-bond acceptors (Lipinski definition) is 6. The highest BCUT2D eigenvalue weighted by Gasteiger charge is 2.29. The summed E-state index contributed by atoms with van der Waals surface area (Å²) in [5.74, 6) is 1.95. The van der Waals surface area contributed by atoms with Crippen LogP contribution in [0.4, 0.5) is 0 Å². The molecule has 49 heavy (non-hydrogen) atoms. The number of benzene rings is 2. The Balaban J connectivity index is 0.00000650. The van der Waals surface area contributed by atoms with Crippen LogP contribution in [0.25, 0.3) is 0 Å². The number of likely N-dealkylation sites (tertiary alicyclic amines) is 2. The second-order valence-electron chi connectivity index (χ2n) is 14.7. The Hall–Kier alpha value is -1.83. The van der Waals surface area contributed by atoms with E-state index in [1.165, 1.54) is 77.0 Å². The molecule has 2 saturated heterocycles. The minimum atomic E-state index is -0.553. The van der Waals surface area contributed by atoms with E-state index in [1.54, 1.807) is 0 Å². The molecule has 4 unspecified atom stereocenters. The van der Waals surface area contributed by atoms with E-state index in [9.17, 15) is 10.2 Å². The van der Waals surface area contributed by atoms with Crippen LogP contribution in [0.15, 0.2) is 48.5 Å². The van der Waals surface area contributed by atoms with E-state index in [0.29, 0.717) is 0 Å². The van der Waals surface area contributed by atoms with Crippen molar-refractivity contribution in [3.8, 4) is 11.5 Å². The first-order valence-electron chi connectivity index (χ1n) is 19.8. The zero-order valence-electron chi connectivity index (χ0n) is 30.9. The topological polar surface area (TPSA) is 65.4 Å². The van der Waals surface area contributed by atoms with E-state index in [1.807, 2.05) is 24.3 Å². The predicted octanol–water partition coefficient (Wildman–Crippen LogP) is 9.78. The summed E-state index contributed by atoms with van der Waals surface area (Å²) < 4.78 is 11.9. The molecule has 0 spiro atoms. The van der Waals surface area contributed by atoms with Gasteiger partial charge in [0.2, 0.25) is 0 Å². The molecule has 2 aromatic carbocycles. The molecule has 0 aliphatic carbocycles. The lowest BCUT2D eigenvalue weighted by molar-refractivity contribution is 0.0449. The first-order chi connectivity index (χ1) is 23.6. The van der Waals surface area contributed by atoms with Crippen LogP contribution in [0.5, 0.6) is 11.5 Å². The molecule has 2 heterocycles. The molecule has 2 aliphatic heterocycles. The van der Waals surface area contributed by atoms with Gasteiger partial charge in [-0.1, -0.05) is 89.5 Å². The third kappa shape index (κ3) is 15.1. The van der Waals surface area contributed by atoms with Crippen molar-refractivity contribution in [2.75, 3.05) is 52.5 Å². The maximum Gasteiger partial charge on any atom is 0.119 e. The molecule has 2 aliphatic rings. The van der Waals surface area contributed by atoms with Gasteiger partial charge in [-0.2, -0.15) is 0 Å². The van der Waals surface area contributed by atoms with Crippen LogP contribution in [0.2, 0.25) is 0 Å². The van der Waals surface area contributed by atoms with E-state index in [0.717, 1.165) is 101 Å². The van der Waals surface area contributed by atoms with Gasteiger partial charge >= 0.3 is 0 Å². The van der Waals surface area contributed by atoms with Crippen LogP contribution >= 0.6 is 12.4 Å². The van der Waals surface area contributed by atoms with Crippen molar-refractivity contribution in [1.29, 1.82) is 0 Å². The van der Waals surface area contributed by atoms with E-state index in [-0.39, 0.29) is 24.2 Å². The lowest BCUT2D eigenvalue weighted by Gasteiger charge is -2.34. The van der Waals surface area contributed by atoms with Crippen LogP contribution in [-0.2, 0) is 0 Å². The summed E-state index contributed by atoms with van der Waals surface area (Å²) in [5, 5.41) is 23.9. The van der Waals surface area contributed by atoms with Crippen molar-refractivity contribution in [3.63, 3.8) is 0 Å². The average molecular weight is 701 g/mol. The zero-order chi connectivity index (χ0) is 33.8. The van der Waals surface area contributed by atoms with E-state index in [2.05, 4.69) is 47.9 Å². The van der Waals surface area contributed by atoms with Crippen LogP contribution in [-0.4, -0.2) is 72.5 Å². The van der Waals surface area contributed by atoms with Crippen molar-refractivity contribution in [1.82, 2.24) is 9.80 Å². The van der Waals surface area contributed by atoms with Gasteiger partial charge in [0, 0.05) is 24.9 Å². The number of aliphatic hydroxyl groups is 2. The summed E-state index contributed by atoms with van der Waals surface area (Å²) in [6.07, 6.45) is 17.7. The molecule has 4 rings (SSSR count). The van der Waals surface area contributed by atoms with Gasteiger partial charge in [0.25, 0.3) is 0 Å². The highest BCUT2D eigenvalue weighted by Crippen LogP contribution is 2.34. The molecule has 278 valence electrons. The van der Waals surface area contributed by atoms with Gasteiger partial charge in [-0.05, 0) is 113 Å². The summed E-state index contributed by atoms with van der Waals surface area (Å²) in [6, 6.07) is 16.3. The third-order valence-electron chi connectivity index (χ3n) is 10.7. The number of hydrogen-bond donors (Lipinski definition) is 2. The van der Waals surface area contributed by atoms with Crippen LogP contribution in [0.1, 0.15) is 140 Å². The van der Waals surface area contributed by atoms with Crippen molar-refractivity contribution in [2.45, 2.75) is 129 Å². The molecule has 2 fully saturated rings. The van der Waals surface area contributed by atoms with E-state index >= 15 is 0 Å². The zero-order valence-corrected chi connectivity index (χ0v) is 31.7. The first-order valence-corrected chi connectivity index (χ1v) is 19.8. The Bertz CT molecular complexity index is 997. The summed E-state index contributed by atoms with van der Waals surface area (Å²) in [5.41, 5.74) is 1.93. The van der Waals surface area contributed by atoms with Crippen molar-refractivity contribution in [3.05, 3.63) is 59.7 Å². The molecule has 2 N–H and O–H groups in total. The fourth-order valence-electron chi connectivity index (χ4n) is 7.58. The lowest BCUT2D eigenvalue weighted by Crippen LogP contribution is -2.36. The van der Waals surface area contributed by atoms with Gasteiger partial charge in [0.15, 0.2) is 0 Å². The summed E-state index contributed by atoms with van der Waals surface area (Å²) in [6.45, 7) is 12.1. The minimum Gasteiger partial charge on any atom is -0.494 e. The van der Waals surface area contributed by atoms with Gasteiger partial charge < -0.3 is 29.5 Å². The van der Waals surface area contributed by atoms with Crippen LogP contribution in [0, 0.1) is 11.8 Å². The fraction of sp³-hybridized carbons (Fsp3) is 0.714. The molecule has 0 amide bonds. The molecule has 0 saturated carbocycles. The summed E-state index contributed by atoms with van der Waals surface area (Å²) in [4.78, 5) is 5.18. The molecular weight excluding hydrogens is 632 g/mol. The number of unbranched alkanes of at least 4 members (excludes halogenated alkanes) is 4. The number of ether oxygens (including phenoxy) is 2. The monoisotopic (exact) mass is 700 g/mol. The van der Waals surface area contributed by atoms with Gasteiger partial charge in [0.1, 0.15) is 11.5 Å².